The van der Waals surface area contributed by atoms with E-state index in [0.717, 1.165) is 62.1 Å². The maximum absolute atomic E-state index is 12.6. The lowest BCUT2D eigenvalue weighted by Gasteiger charge is -2.31. The first-order valence-corrected chi connectivity index (χ1v) is 11.2. The molecular formula is C24H27N7O. The number of benzene rings is 1. The fraction of sp³-hybridized carbons (Fsp3) is 0.375. The molecule has 3 aliphatic heterocycles. The number of rotatable bonds is 0. The molecule has 0 saturated carbocycles. The van der Waals surface area contributed by atoms with Crippen LogP contribution in [0.15, 0.2) is 49.1 Å². The third-order valence-corrected chi connectivity index (χ3v) is 6.11. The van der Waals surface area contributed by atoms with Gasteiger partial charge in [0.2, 0.25) is 11.9 Å². The van der Waals surface area contributed by atoms with E-state index in [0.29, 0.717) is 18.3 Å². The van der Waals surface area contributed by atoms with E-state index in [1.807, 2.05) is 18.3 Å². The van der Waals surface area contributed by atoms with Crippen LogP contribution in [0.1, 0.15) is 30.4 Å². The number of carbonyl (C=O) groups is 1. The second-order valence-electron chi connectivity index (χ2n) is 8.48. The van der Waals surface area contributed by atoms with Gasteiger partial charge in [-0.15, -0.1) is 0 Å². The van der Waals surface area contributed by atoms with Gasteiger partial charge in [0.25, 0.3) is 0 Å². The Morgan fingerprint density at radius 3 is 2.84 bits per heavy atom. The van der Waals surface area contributed by atoms with Crippen LogP contribution in [0.3, 0.4) is 0 Å². The number of piperidine rings is 1. The van der Waals surface area contributed by atoms with Gasteiger partial charge in [-0.25, -0.2) is 9.97 Å². The summed E-state index contributed by atoms with van der Waals surface area (Å²) in [5.74, 6) is 1.40. The second-order valence-corrected chi connectivity index (χ2v) is 8.48. The van der Waals surface area contributed by atoms with E-state index in [1.54, 1.807) is 6.20 Å². The largest absolute Gasteiger partial charge is 0.356 e. The zero-order valence-electron chi connectivity index (χ0n) is 18.0. The third-order valence-electron chi connectivity index (χ3n) is 6.11. The predicted molar refractivity (Wildman–Crippen MR) is 122 cm³/mol. The molecule has 3 aliphatic rings. The van der Waals surface area contributed by atoms with E-state index in [1.165, 1.54) is 11.9 Å². The number of anilines is 2. The lowest BCUT2D eigenvalue weighted by Crippen LogP contribution is -2.40. The molecule has 8 heteroatoms. The Kier molecular flexibility index (Phi) is 6.02. The number of carbonyl (C=O) groups excluding carboxylic acids is 1. The highest BCUT2D eigenvalue weighted by Crippen LogP contribution is 2.22. The summed E-state index contributed by atoms with van der Waals surface area (Å²) in [7, 11) is 0. The van der Waals surface area contributed by atoms with Crippen molar-refractivity contribution in [2.45, 2.75) is 32.2 Å². The van der Waals surface area contributed by atoms with Gasteiger partial charge >= 0.3 is 0 Å². The highest BCUT2D eigenvalue weighted by molar-refractivity contribution is 5.78. The van der Waals surface area contributed by atoms with Crippen LogP contribution < -0.4 is 10.6 Å². The molecule has 1 amide bonds. The Morgan fingerprint density at radius 2 is 1.94 bits per heavy atom. The monoisotopic (exact) mass is 429 g/mol. The molecule has 0 unspecified atom stereocenters. The zero-order valence-corrected chi connectivity index (χ0v) is 18.0. The molecule has 0 aliphatic carbocycles. The van der Waals surface area contributed by atoms with Crippen molar-refractivity contribution in [3.63, 3.8) is 0 Å². The molecule has 8 nitrogen and oxygen atoms in total. The number of hydrogen-bond donors (Lipinski definition) is 2. The SMILES string of the molecule is O=C1NCCCc2cncc(c2)-c2ncnc(n2)Nc2cccc(c2)CN2CCC1CC2. The van der Waals surface area contributed by atoms with Gasteiger partial charge < -0.3 is 10.6 Å². The maximum Gasteiger partial charge on any atom is 0.230 e. The first-order chi connectivity index (χ1) is 15.7. The molecule has 1 saturated heterocycles. The molecule has 2 aromatic heterocycles. The Balaban J connectivity index is 1.43. The highest BCUT2D eigenvalue weighted by Gasteiger charge is 2.24. The predicted octanol–water partition coefficient (Wildman–Crippen LogP) is 2.95. The fourth-order valence-corrected chi connectivity index (χ4v) is 4.38. The lowest BCUT2D eigenvalue weighted by atomic mass is 9.95. The van der Waals surface area contributed by atoms with Crippen molar-refractivity contribution in [2.24, 2.45) is 5.92 Å². The Labute approximate surface area is 187 Å². The van der Waals surface area contributed by atoms with Gasteiger partial charge in [-0.3, -0.25) is 14.7 Å². The molecule has 8 bridgehead atoms. The number of nitrogens with zero attached hydrogens (tertiary/aromatic N) is 5. The number of hydrogen-bond acceptors (Lipinski definition) is 7. The number of pyridine rings is 1. The van der Waals surface area contributed by atoms with Crippen LogP contribution in [-0.4, -0.2) is 50.4 Å². The summed E-state index contributed by atoms with van der Waals surface area (Å²) in [5.41, 5.74) is 4.11. The topological polar surface area (TPSA) is 95.9 Å². The fourth-order valence-electron chi connectivity index (χ4n) is 4.38. The summed E-state index contributed by atoms with van der Waals surface area (Å²) in [5, 5.41) is 6.44. The quantitative estimate of drug-likeness (QED) is 0.567. The Hall–Kier alpha value is -3.39. The van der Waals surface area contributed by atoms with Crippen molar-refractivity contribution in [2.75, 3.05) is 25.0 Å². The maximum atomic E-state index is 12.6. The molecule has 5 heterocycles. The smallest absolute Gasteiger partial charge is 0.230 e. The van der Waals surface area contributed by atoms with Crippen LogP contribution in [0.4, 0.5) is 11.6 Å². The minimum absolute atomic E-state index is 0.114. The summed E-state index contributed by atoms with van der Waals surface area (Å²) < 4.78 is 0. The molecule has 0 spiro atoms. The number of amides is 1. The van der Waals surface area contributed by atoms with Gasteiger partial charge in [-0.1, -0.05) is 12.1 Å². The van der Waals surface area contributed by atoms with E-state index < -0.39 is 0 Å². The molecule has 0 atom stereocenters. The number of aryl methyl sites for hydroxylation is 1. The van der Waals surface area contributed by atoms with Gasteiger partial charge in [0.15, 0.2) is 5.82 Å². The summed E-state index contributed by atoms with van der Waals surface area (Å²) >= 11 is 0. The van der Waals surface area contributed by atoms with E-state index in [-0.39, 0.29) is 11.8 Å². The summed E-state index contributed by atoms with van der Waals surface area (Å²) in [4.78, 5) is 32.6. The van der Waals surface area contributed by atoms with Gasteiger partial charge in [0.1, 0.15) is 6.33 Å². The van der Waals surface area contributed by atoms with Crippen LogP contribution in [0.25, 0.3) is 11.4 Å². The van der Waals surface area contributed by atoms with Crippen LogP contribution in [0, 0.1) is 5.92 Å². The second kappa shape index (κ2) is 9.40. The van der Waals surface area contributed by atoms with Gasteiger partial charge in [-0.05, 0) is 68.1 Å². The Morgan fingerprint density at radius 1 is 1.03 bits per heavy atom. The summed E-state index contributed by atoms with van der Waals surface area (Å²) in [6.07, 6.45) is 8.66. The molecule has 1 aromatic carbocycles. The van der Waals surface area contributed by atoms with Crippen LogP contribution in [0.2, 0.25) is 0 Å². The van der Waals surface area contributed by atoms with Crippen molar-refractivity contribution < 1.29 is 4.79 Å². The van der Waals surface area contributed by atoms with Crippen molar-refractivity contribution in [1.29, 1.82) is 0 Å². The minimum atomic E-state index is 0.114. The van der Waals surface area contributed by atoms with E-state index in [2.05, 4.69) is 53.7 Å². The summed E-state index contributed by atoms with van der Waals surface area (Å²) in [6.45, 7) is 3.41. The average molecular weight is 430 g/mol. The van der Waals surface area contributed by atoms with Gasteiger partial charge in [0.05, 0.1) is 0 Å². The first kappa shape index (κ1) is 20.5. The van der Waals surface area contributed by atoms with Crippen LogP contribution >= 0.6 is 0 Å². The van der Waals surface area contributed by atoms with Gasteiger partial charge in [-0.2, -0.15) is 4.98 Å². The standard InChI is InChI=1S/C24H27N7O/c32-23-19-6-9-31(10-7-19)15-18-3-1-5-21(12-18)29-24-28-16-27-22(30-24)20-11-17(13-25-14-20)4-2-8-26-23/h1,3,5,11-14,16,19H,2,4,6-10,15H2,(H,26,32)(H,27,28,29,30). The zero-order chi connectivity index (χ0) is 21.8. The van der Waals surface area contributed by atoms with E-state index in [9.17, 15) is 4.79 Å². The van der Waals surface area contributed by atoms with E-state index >= 15 is 0 Å². The highest BCUT2D eigenvalue weighted by atomic mass is 16.1. The molecule has 164 valence electrons. The molecular weight excluding hydrogens is 402 g/mol. The number of aromatic nitrogens is 4. The normalized spacial score (nSPS) is 21.3. The third kappa shape index (κ3) is 4.91. The van der Waals surface area contributed by atoms with Gasteiger partial charge in [0, 0.05) is 42.7 Å². The van der Waals surface area contributed by atoms with Crippen molar-refractivity contribution in [1.82, 2.24) is 30.2 Å². The molecule has 0 radical (unpaired) electrons. The van der Waals surface area contributed by atoms with E-state index in [4.69, 9.17) is 0 Å². The van der Waals surface area contributed by atoms with Crippen molar-refractivity contribution in [3.05, 3.63) is 60.2 Å². The lowest BCUT2D eigenvalue weighted by molar-refractivity contribution is -0.126. The van der Waals surface area contributed by atoms with Crippen LogP contribution in [-0.2, 0) is 17.8 Å². The molecule has 2 N–H and O–H groups in total. The van der Waals surface area contributed by atoms with Crippen LogP contribution in [0.5, 0.6) is 0 Å². The molecule has 6 rings (SSSR count). The number of fused-ring (bicyclic) bond motifs is 6. The first-order valence-electron chi connectivity index (χ1n) is 11.2. The molecule has 1 fully saturated rings. The minimum Gasteiger partial charge on any atom is -0.356 e. The molecule has 32 heavy (non-hydrogen) atoms. The molecule has 3 aromatic rings. The number of nitrogens with one attached hydrogen (secondary N) is 2. The Bertz CT molecular complexity index is 1090. The van der Waals surface area contributed by atoms with Crippen molar-refractivity contribution in [3.8, 4) is 11.4 Å². The van der Waals surface area contributed by atoms with Crippen molar-refractivity contribution >= 4 is 17.5 Å². The summed E-state index contributed by atoms with van der Waals surface area (Å²) in [6, 6.07) is 10.4. The average Bonchev–Trinajstić information content (AvgIpc) is 2.82.